The van der Waals surface area contributed by atoms with Crippen LogP contribution in [0.1, 0.15) is 50.2 Å². The van der Waals surface area contributed by atoms with Crippen molar-refractivity contribution in [3.8, 4) is 0 Å². The average Bonchev–Trinajstić information content (AvgIpc) is 3.18. The first-order valence-electron chi connectivity index (χ1n) is 11.5. The number of benzene rings is 2. The molecule has 2 aromatic carbocycles. The van der Waals surface area contributed by atoms with Crippen LogP contribution in [0.3, 0.4) is 0 Å². The Balaban J connectivity index is 1.30. The number of ether oxygens (including phenoxy) is 2. The fraction of sp³-hybridized carbons (Fsp3) is 0.423. The van der Waals surface area contributed by atoms with Gasteiger partial charge >= 0.3 is 12.2 Å². The minimum Gasteiger partial charge on any atom is -0.447 e. The number of unbranched alkanes of at least 4 members (excludes halogenated alkanes) is 2. The quantitative estimate of drug-likeness (QED) is 0.493. The maximum absolute atomic E-state index is 12.6. The lowest BCUT2D eigenvalue weighted by molar-refractivity contribution is -0.129. The highest BCUT2D eigenvalue weighted by molar-refractivity contribution is 5.93. The summed E-state index contributed by atoms with van der Waals surface area (Å²) >= 11 is 0. The van der Waals surface area contributed by atoms with Crippen molar-refractivity contribution in [2.45, 2.75) is 64.1 Å². The molecular formula is C26H32N2O5. The van der Waals surface area contributed by atoms with Crippen LogP contribution in [0.4, 0.5) is 9.59 Å². The van der Waals surface area contributed by atoms with Gasteiger partial charge in [0.25, 0.3) is 0 Å². The van der Waals surface area contributed by atoms with Crippen LogP contribution in [0.25, 0.3) is 0 Å². The van der Waals surface area contributed by atoms with Gasteiger partial charge in [0.1, 0.15) is 13.2 Å². The third-order valence-corrected chi connectivity index (χ3v) is 5.65. The molecule has 1 N–H and O–H groups in total. The van der Waals surface area contributed by atoms with E-state index in [-0.39, 0.29) is 31.2 Å². The van der Waals surface area contributed by atoms with Crippen molar-refractivity contribution in [3.05, 3.63) is 71.8 Å². The summed E-state index contributed by atoms with van der Waals surface area (Å²) in [5.74, 6) is -0.186. The summed E-state index contributed by atoms with van der Waals surface area (Å²) in [4.78, 5) is 37.9. The minimum atomic E-state index is -0.548. The Morgan fingerprint density at radius 3 is 2.39 bits per heavy atom. The molecule has 7 nitrogen and oxygen atoms in total. The number of rotatable bonds is 11. The number of carbonyl (C=O) groups excluding carboxylic acids is 3. The minimum absolute atomic E-state index is 0.0206. The predicted molar refractivity (Wildman–Crippen MR) is 124 cm³/mol. The van der Waals surface area contributed by atoms with Crippen LogP contribution in [0.2, 0.25) is 0 Å². The van der Waals surface area contributed by atoms with Crippen molar-refractivity contribution in [2.24, 2.45) is 0 Å². The van der Waals surface area contributed by atoms with E-state index in [0.717, 1.165) is 30.4 Å². The number of carbonyl (C=O) groups is 3. The van der Waals surface area contributed by atoms with Crippen LogP contribution in [-0.4, -0.2) is 41.7 Å². The molecule has 0 saturated carbocycles. The number of amides is 3. The summed E-state index contributed by atoms with van der Waals surface area (Å²) in [5.41, 5.74) is 2.01. The first-order valence-corrected chi connectivity index (χ1v) is 11.5. The third kappa shape index (κ3) is 7.93. The summed E-state index contributed by atoms with van der Waals surface area (Å²) in [5, 5.41) is 2.83. The summed E-state index contributed by atoms with van der Waals surface area (Å²) in [6, 6.07) is 19.1. The molecule has 2 aromatic rings. The molecule has 1 fully saturated rings. The van der Waals surface area contributed by atoms with Gasteiger partial charge in [-0.15, -0.1) is 0 Å². The number of nitrogens with one attached hydrogen (secondary N) is 1. The summed E-state index contributed by atoms with van der Waals surface area (Å²) in [6.07, 6.45) is 3.10. The van der Waals surface area contributed by atoms with E-state index in [1.165, 1.54) is 4.90 Å². The number of alkyl carbamates (subject to hydrolysis) is 1. The van der Waals surface area contributed by atoms with Gasteiger partial charge in [0.05, 0.1) is 6.04 Å². The second-order valence-electron chi connectivity index (χ2n) is 8.39. The second kappa shape index (κ2) is 12.6. The Morgan fingerprint density at radius 1 is 1.03 bits per heavy atom. The van der Waals surface area contributed by atoms with E-state index in [2.05, 4.69) is 5.32 Å². The van der Waals surface area contributed by atoms with E-state index in [9.17, 15) is 14.4 Å². The topological polar surface area (TPSA) is 84.9 Å². The Morgan fingerprint density at radius 2 is 1.70 bits per heavy atom. The van der Waals surface area contributed by atoms with Crippen molar-refractivity contribution in [3.63, 3.8) is 0 Å². The SMILES string of the molecule is CC(CCCCCC(=O)N1C(=O)OC[C@@H]1Cc1ccccc1)NC(=O)OCc1ccccc1. The monoisotopic (exact) mass is 452 g/mol. The van der Waals surface area contributed by atoms with Crippen LogP contribution < -0.4 is 5.32 Å². The van der Waals surface area contributed by atoms with Gasteiger partial charge in [-0.2, -0.15) is 0 Å². The molecule has 0 spiro atoms. The molecule has 176 valence electrons. The fourth-order valence-corrected chi connectivity index (χ4v) is 3.86. The Bertz CT molecular complexity index is 903. The lowest BCUT2D eigenvalue weighted by Gasteiger charge is -2.19. The van der Waals surface area contributed by atoms with Gasteiger partial charge in [-0.05, 0) is 37.3 Å². The van der Waals surface area contributed by atoms with Crippen molar-refractivity contribution < 1.29 is 23.9 Å². The molecule has 1 aliphatic rings. The molecule has 3 rings (SSSR count). The third-order valence-electron chi connectivity index (χ3n) is 5.65. The van der Waals surface area contributed by atoms with Crippen LogP contribution in [-0.2, 0) is 27.3 Å². The van der Waals surface area contributed by atoms with E-state index in [4.69, 9.17) is 9.47 Å². The molecule has 7 heteroatoms. The van der Waals surface area contributed by atoms with Gasteiger partial charge in [-0.3, -0.25) is 4.79 Å². The van der Waals surface area contributed by atoms with Gasteiger partial charge in [-0.1, -0.05) is 73.5 Å². The van der Waals surface area contributed by atoms with Crippen molar-refractivity contribution in [1.29, 1.82) is 0 Å². The van der Waals surface area contributed by atoms with Crippen LogP contribution in [0.15, 0.2) is 60.7 Å². The second-order valence-corrected chi connectivity index (χ2v) is 8.39. The molecule has 0 radical (unpaired) electrons. The van der Waals surface area contributed by atoms with Crippen LogP contribution in [0, 0.1) is 0 Å². The first-order chi connectivity index (χ1) is 16.0. The summed E-state index contributed by atoms with van der Waals surface area (Å²) in [6.45, 7) is 2.41. The predicted octanol–water partition coefficient (Wildman–Crippen LogP) is 4.84. The molecule has 2 atom stereocenters. The zero-order chi connectivity index (χ0) is 23.5. The Hall–Kier alpha value is -3.35. The van der Waals surface area contributed by atoms with E-state index in [0.29, 0.717) is 19.3 Å². The highest BCUT2D eigenvalue weighted by atomic mass is 16.6. The molecule has 0 aromatic heterocycles. The van der Waals surface area contributed by atoms with E-state index < -0.39 is 12.2 Å². The van der Waals surface area contributed by atoms with Gasteiger partial charge in [-0.25, -0.2) is 14.5 Å². The Kier molecular flexibility index (Phi) is 9.30. The molecule has 0 aliphatic carbocycles. The van der Waals surface area contributed by atoms with E-state index in [1.807, 2.05) is 67.6 Å². The van der Waals surface area contributed by atoms with Gasteiger partial charge in [0.2, 0.25) is 5.91 Å². The standard InChI is InChI=1S/C26H32N2O5/c1-20(27-25(30)32-18-22-14-8-4-9-15-22)11-5-2-10-16-24(29)28-23(19-33-26(28)31)17-21-12-6-3-7-13-21/h3-4,6-9,12-15,20,23H,2,5,10-11,16-19H2,1H3,(H,27,30)/t20?,23-/m0/s1. The number of nitrogens with zero attached hydrogens (tertiary/aromatic N) is 1. The number of hydrogen-bond acceptors (Lipinski definition) is 5. The van der Waals surface area contributed by atoms with Crippen LogP contribution in [0.5, 0.6) is 0 Å². The highest BCUT2D eigenvalue weighted by Gasteiger charge is 2.37. The smallest absolute Gasteiger partial charge is 0.416 e. The maximum Gasteiger partial charge on any atom is 0.416 e. The fourth-order valence-electron chi connectivity index (χ4n) is 3.86. The normalized spacial score (nSPS) is 16.2. The van der Waals surface area contributed by atoms with Crippen molar-refractivity contribution in [2.75, 3.05) is 6.61 Å². The average molecular weight is 453 g/mol. The molecule has 1 saturated heterocycles. The maximum atomic E-state index is 12.6. The Labute approximate surface area is 195 Å². The molecule has 1 unspecified atom stereocenters. The van der Waals surface area contributed by atoms with Crippen molar-refractivity contribution >= 4 is 18.1 Å². The molecule has 0 bridgehead atoms. The van der Waals surface area contributed by atoms with Gasteiger partial charge in [0, 0.05) is 12.5 Å². The van der Waals surface area contributed by atoms with Crippen LogP contribution >= 0.6 is 0 Å². The number of cyclic esters (lactones) is 1. The summed E-state index contributed by atoms with van der Waals surface area (Å²) in [7, 11) is 0. The highest BCUT2D eigenvalue weighted by Crippen LogP contribution is 2.19. The number of imide groups is 1. The van der Waals surface area contributed by atoms with Gasteiger partial charge < -0.3 is 14.8 Å². The lowest BCUT2D eigenvalue weighted by Crippen LogP contribution is -2.40. The lowest BCUT2D eigenvalue weighted by atomic mass is 10.0. The molecular weight excluding hydrogens is 420 g/mol. The first kappa shape index (κ1) is 24.3. The zero-order valence-corrected chi connectivity index (χ0v) is 19.1. The molecule has 33 heavy (non-hydrogen) atoms. The largest absolute Gasteiger partial charge is 0.447 e. The number of hydrogen-bond donors (Lipinski definition) is 1. The molecule has 3 amide bonds. The van der Waals surface area contributed by atoms with E-state index in [1.54, 1.807) is 0 Å². The van der Waals surface area contributed by atoms with Crippen molar-refractivity contribution in [1.82, 2.24) is 10.2 Å². The molecule has 1 aliphatic heterocycles. The molecule has 1 heterocycles. The summed E-state index contributed by atoms with van der Waals surface area (Å²) < 4.78 is 10.4. The van der Waals surface area contributed by atoms with E-state index >= 15 is 0 Å². The zero-order valence-electron chi connectivity index (χ0n) is 19.1. The van der Waals surface area contributed by atoms with Gasteiger partial charge in [0.15, 0.2) is 0 Å².